The molecule has 0 saturated heterocycles. The van der Waals surface area contributed by atoms with E-state index < -0.39 is 0 Å². The van der Waals surface area contributed by atoms with Gasteiger partial charge >= 0.3 is 0 Å². The Kier molecular flexibility index (Phi) is 5.89. The Morgan fingerprint density at radius 2 is 1.84 bits per heavy atom. The van der Waals surface area contributed by atoms with Crippen LogP contribution in [-0.4, -0.2) is 24.1 Å². The number of hydrogen-bond acceptors (Lipinski definition) is 5. The lowest BCUT2D eigenvalue weighted by atomic mass is 9.90. The fraction of sp³-hybridized carbons (Fsp3) is 0.360. The van der Waals surface area contributed by atoms with Crippen molar-refractivity contribution in [2.24, 2.45) is 16.0 Å². The Bertz CT molecular complexity index is 1160. The van der Waals surface area contributed by atoms with E-state index in [1.54, 1.807) is 11.3 Å². The van der Waals surface area contributed by atoms with Gasteiger partial charge in [-0.1, -0.05) is 31.4 Å². The molecule has 160 valence electrons. The summed E-state index contributed by atoms with van der Waals surface area (Å²) in [5, 5.41) is 7.06. The summed E-state index contributed by atoms with van der Waals surface area (Å²) in [6.45, 7) is 3.26. The molecule has 0 spiro atoms. The highest BCUT2D eigenvalue weighted by Crippen LogP contribution is 2.35. The lowest BCUT2D eigenvalue weighted by Crippen LogP contribution is -2.16. The molecule has 0 N–H and O–H groups in total. The van der Waals surface area contributed by atoms with Crippen LogP contribution in [0.3, 0.4) is 0 Å². The SMILES string of the molecule is Cc1cccc(N=c2scc(-c3ccc4c(c3)OCCO4)n2/N=C/C2CCCCC2)c1. The number of thiazole rings is 1. The second-order valence-corrected chi connectivity index (χ2v) is 9.02. The first-order chi connectivity index (χ1) is 15.3. The standard InChI is InChI=1S/C25H27N3O2S/c1-18-6-5-9-21(14-18)27-25-28(26-16-19-7-3-2-4-8-19)22(17-31-25)20-10-11-23-24(15-20)30-13-12-29-23/h5-6,9-11,14-17,19H,2-4,7-8,12-13H2,1H3/b26-16+,27-25?. The fourth-order valence-electron chi connectivity index (χ4n) is 4.14. The van der Waals surface area contributed by atoms with E-state index in [4.69, 9.17) is 19.6 Å². The van der Waals surface area contributed by atoms with Crippen LogP contribution in [0.25, 0.3) is 11.3 Å². The average Bonchev–Trinajstić information content (AvgIpc) is 3.20. The van der Waals surface area contributed by atoms with Crippen LogP contribution < -0.4 is 14.3 Å². The summed E-state index contributed by atoms with van der Waals surface area (Å²) in [7, 11) is 0. The second-order valence-electron chi connectivity index (χ2n) is 8.19. The minimum atomic E-state index is 0.543. The summed E-state index contributed by atoms with van der Waals surface area (Å²) >= 11 is 1.61. The van der Waals surface area contributed by atoms with Crippen molar-refractivity contribution in [3.63, 3.8) is 0 Å². The minimum absolute atomic E-state index is 0.543. The molecular weight excluding hydrogens is 406 g/mol. The summed E-state index contributed by atoms with van der Waals surface area (Å²) in [4.78, 5) is 5.77. The molecule has 2 aliphatic rings. The molecule has 2 heterocycles. The lowest BCUT2D eigenvalue weighted by molar-refractivity contribution is 0.171. The molecule has 0 bridgehead atoms. The molecule has 0 unspecified atom stereocenters. The molecule has 2 aromatic carbocycles. The van der Waals surface area contributed by atoms with Gasteiger partial charge in [-0.2, -0.15) is 5.10 Å². The van der Waals surface area contributed by atoms with Gasteiger partial charge < -0.3 is 9.47 Å². The zero-order chi connectivity index (χ0) is 21.0. The highest BCUT2D eigenvalue weighted by Gasteiger charge is 2.16. The largest absolute Gasteiger partial charge is 0.486 e. The number of benzene rings is 2. The molecule has 0 radical (unpaired) electrons. The van der Waals surface area contributed by atoms with Gasteiger partial charge in [-0.3, -0.25) is 0 Å². The molecule has 6 heteroatoms. The number of hydrogen-bond donors (Lipinski definition) is 0. The van der Waals surface area contributed by atoms with Crippen molar-refractivity contribution in [1.82, 2.24) is 4.68 Å². The van der Waals surface area contributed by atoms with E-state index in [1.807, 2.05) is 28.9 Å². The molecule has 0 amide bonds. The first-order valence-electron chi connectivity index (χ1n) is 11.0. The van der Waals surface area contributed by atoms with E-state index in [2.05, 4.69) is 36.7 Å². The summed E-state index contributed by atoms with van der Waals surface area (Å²) in [6.07, 6.45) is 8.49. The summed E-state index contributed by atoms with van der Waals surface area (Å²) in [5.74, 6) is 2.13. The third kappa shape index (κ3) is 4.59. The van der Waals surface area contributed by atoms with Crippen LogP contribution in [-0.2, 0) is 0 Å². The molecule has 5 nitrogen and oxygen atoms in total. The number of fused-ring (bicyclic) bond motifs is 1. The molecular formula is C25H27N3O2S. The van der Waals surface area contributed by atoms with E-state index >= 15 is 0 Å². The predicted octanol–water partition coefficient (Wildman–Crippen LogP) is 5.94. The topological polar surface area (TPSA) is 48.1 Å². The normalized spacial score (nSPS) is 17.4. The van der Waals surface area contributed by atoms with Crippen molar-refractivity contribution in [2.45, 2.75) is 39.0 Å². The fourth-order valence-corrected chi connectivity index (χ4v) is 5.00. The van der Waals surface area contributed by atoms with Gasteiger partial charge in [-0.05, 0) is 61.6 Å². The predicted molar refractivity (Wildman–Crippen MR) is 126 cm³/mol. The molecule has 3 aromatic rings. The van der Waals surface area contributed by atoms with Crippen molar-refractivity contribution in [3.05, 3.63) is 58.2 Å². The van der Waals surface area contributed by atoms with Gasteiger partial charge in [0, 0.05) is 17.2 Å². The van der Waals surface area contributed by atoms with Gasteiger partial charge in [0.15, 0.2) is 11.5 Å². The first-order valence-corrected chi connectivity index (χ1v) is 11.9. The second kappa shape index (κ2) is 9.10. The zero-order valence-corrected chi connectivity index (χ0v) is 18.6. The van der Waals surface area contributed by atoms with Crippen LogP contribution in [0, 0.1) is 12.8 Å². The molecule has 1 aliphatic carbocycles. The van der Waals surface area contributed by atoms with Gasteiger partial charge in [0.1, 0.15) is 13.2 Å². The van der Waals surface area contributed by atoms with Crippen molar-refractivity contribution >= 4 is 23.2 Å². The van der Waals surface area contributed by atoms with Gasteiger partial charge in [0.05, 0.1) is 11.4 Å². The molecule has 1 aliphatic heterocycles. The van der Waals surface area contributed by atoms with Gasteiger partial charge in [0.25, 0.3) is 0 Å². The Labute approximate surface area is 186 Å². The van der Waals surface area contributed by atoms with Crippen LogP contribution in [0.4, 0.5) is 5.69 Å². The smallest absolute Gasteiger partial charge is 0.211 e. The molecule has 1 aromatic heterocycles. The van der Waals surface area contributed by atoms with Crippen LogP contribution in [0.5, 0.6) is 11.5 Å². The molecule has 0 atom stereocenters. The van der Waals surface area contributed by atoms with E-state index in [-0.39, 0.29) is 0 Å². The van der Waals surface area contributed by atoms with E-state index in [0.717, 1.165) is 33.2 Å². The van der Waals surface area contributed by atoms with Crippen LogP contribution >= 0.6 is 11.3 Å². The Morgan fingerprint density at radius 3 is 2.68 bits per heavy atom. The highest BCUT2D eigenvalue weighted by molar-refractivity contribution is 7.07. The number of aryl methyl sites for hydroxylation is 1. The monoisotopic (exact) mass is 433 g/mol. The third-order valence-electron chi connectivity index (χ3n) is 5.79. The summed E-state index contributed by atoms with van der Waals surface area (Å²) < 4.78 is 13.5. The third-order valence-corrected chi connectivity index (χ3v) is 6.61. The maximum Gasteiger partial charge on any atom is 0.211 e. The van der Waals surface area contributed by atoms with E-state index in [9.17, 15) is 0 Å². The van der Waals surface area contributed by atoms with E-state index in [1.165, 1.54) is 37.7 Å². The number of nitrogens with zero attached hydrogens (tertiary/aromatic N) is 3. The number of rotatable bonds is 4. The maximum atomic E-state index is 5.80. The quantitative estimate of drug-likeness (QED) is 0.478. The van der Waals surface area contributed by atoms with Crippen LogP contribution in [0.15, 0.2) is 57.9 Å². The summed E-state index contributed by atoms with van der Waals surface area (Å²) in [6, 6.07) is 14.3. The number of aromatic nitrogens is 1. The van der Waals surface area contributed by atoms with Gasteiger partial charge in [0.2, 0.25) is 4.80 Å². The molecule has 1 saturated carbocycles. The van der Waals surface area contributed by atoms with Gasteiger partial charge in [-0.15, -0.1) is 11.3 Å². The minimum Gasteiger partial charge on any atom is -0.486 e. The van der Waals surface area contributed by atoms with Crippen molar-refractivity contribution in [3.8, 4) is 22.8 Å². The van der Waals surface area contributed by atoms with E-state index in [0.29, 0.717) is 19.1 Å². The molecule has 5 rings (SSSR count). The average molecular weight is 434 g/mol. The van der Waals surface area contributed by atoms with Crippen molar-refractivity contribution in [1.29, 1.82) is 0 Å². The first kappa shape index (κ1) is 20.1. The van der Waals surface area contributed by atoms with Crippen molar-refractivity contribution in [2.75, 3.05) is 13.2 Å². The molecule has 31 heavy (non-hydrogen) atoms. The zero-order valence-electron chi connectivity index (χ0n) is 17.8. The number of ether oxygens (including phenoxy) is 2. The Morgan fingerprint density at radius 1 is 1.00 bits per heavy atom. The Balaban J connectivity index is 1.57. The van der Waals surface area contributed by atoms with Crippen LogP contribution in [0.2, 0.25) is 0 Å². The lowest BCUT2D eigenvalue weighted by Gasteiger charge is -2.19. The Hall–Kier alpha value is -2.86. The molecule has 1 fully saturated rings. The maximum absolute atomic E-state index is 5.80. The van der Waals surface area contributed by atoms with Crippen molar-refractivity contribution < 1.29 is 9.47 Å². The van der Waals surface area contributed by atoms with Crippen LogP contribution in [0.1, 0.15) is 37.7 Å². The van der Waals surface area contributed by atoms with Gasteiger partial charge in [-0.25, -0.2) is 9.67 Å². The highest BCUT2D eigenvalue weighted by atomic mass is 32.1. The summed E-state index contributed by atoms with van der Waals surface area (Å²) in [5.41, 5.74) is 4.20.